The number of hydrogen-bond acceptors (Lipinski definition) is 6. The summed E-state index contributed by atoms with van der Waals surface area (Å²) < 4.78 is 26.8. The zero-order chi connectivity index (χ0) is 14.0. The van der Waals surface area contributed by atoms with Crippen molar-refractivity contribution < 1.29 is 8.78 Å². The van der Waals surface area contributed by atoms with E-state index < -0.39 is 11.6 Å². The van der Waals surface area contributed by atoms with Gasteiger partial charge in [0, 0.05) is 17.5 Å². The van der Waals surface area contributed by atoms with E-state index in [4.69, 9.17) is 5.84 Å². The standard InChI is InChI=1S/C11H11F2N5S/c1-5-3-6(2)16-11(15-5)19-10-8(13)4-7(12)9(17-10)18-14/h3-4H,14H2,1-2H3,(H,17,18). The van der Waals surface area contributed by atoms with Crippen LogP contribution in [0.15, 0.2) is 22.3 Å². The maximum absolute atomic E-state index is 13.6. The second kappa shape index (κ2) is 5.45. The summed E-state index contributed by atoms with van der Waals surface area (Å²) in [5.74, 6) is 3.22. The lowest BCUT2D eigenvalue weighted by molar-refractivity contribution is 0.551. The SMILES string of the molecule is Cc1cc(C)nc(Sc2nc(NN)c(F)cc2F)n1. The molecule has 0 spiro atoms. The van der Waals surface area contributed by atoms with Crippen LogP contribution >= 0.6 is 11.8 Å². The smallest absolute Gasteiger partial charge is 0.194 e. The van der Waals surface area contributed by atoms with Gasteiger partial charge in [-0.3, -0.25) is 0 Å². The molecule has 0 aliphatic heterocycles. The summed E-state index contributed by atoms with van der Waals surface area (Å²) in [6, 6.07) is 2.51. The van der Waals surface area contributed by atoms with Gasteiger partial charge in [-0.1, -0.05) is 0 Å². The van der Waals surface area contributed by atoms with Gasteiger partial charge >= 0.3 is 0 Å². The summed E-state index contributed by atoms with van der Waals surface area (Å²) in [6.07, 6.45) is 0. The van der Waals surface area contributed by atoms with Crippen molar-refractivity contribution in [3.8, 4) is 0 Å². The average molecular weight is 283 g/mol. The Balaban J connectivity index is 2.37. The Bertz CT molecular complexity index is 600. The van der Waals surface area contributed by atoms with Gasteiger partial charge < -0.3 is 5.43 Å². The fourth-order valence-electron chi connectivity index (χ4n) is 1.45. The van der Waals surface area contributed by atoms with Gasteiger partial charge in [0.05, 0.1) is 0 Å². The number of pyridine rings is 1. The van der Waals surface area contributed by atoms with Crippen LogP contribution in [0.1, 0.15) is 11.4 Å². The molecule has 0 aliphatic carbocycles. The summed E-state index contributed by atoms with van der Waals surface area (Å²) >= 11 is 0.910. The van der Waals surface area contributed by atoms with E-state index in [2.05, 4.69) is 20.4 Å². The van der Waals surface area contributed by atoms with E-state index in [9.17, 15) is 8.78 Å². The van der Waals surface area contributed by atoms with Crippen molar-refractivity contribution in [1.82, 2.24) is 15.0 Å². The van der Waals surface area contributed by atoms with Gasteiger partial charge in [0.25, 0.3) is 0 Å². The molecule has 2 aromatic rings. The summed E-state index contributed by atoms with van der Waals surface area (Å²) in [4.78, 5) is 12.0. The molecule has 3 N–H and O–H groups in total. The van der Waals surface area contributed by atoms with Crippen LogP contribution in [0.2, 0.25) is 0 Å². The largest absolute Gasteiger partial charge is 0.306 e. The zero-order valence-corrected chi connectivity index (χ0v) is 11.1. The van der Waals surface area contributed by atoms with Gasteiger partial charge in [-0.2, -0.15) is 0 Å². The Morgan fingerprint density at radius 2 is 1.68 bits per heavy atom. The average Bonchev–Trinajstić information content (AvgIpc) is 2.31. The van der Waals surface area contributed by atoms with Gasteiger partial charge in [0.15, 0.2) is 22.6 Å². The Morgan fingerprint density at radius 3 is 2.26 bits per heavy atom. The van der Waals surface area contributed by atoms with Crippen LogP contribution in [-0.4, -0.2) is 15.0 Å². The van der Waals surface area contributed by atoms with Gasteiger partial charge in [-0.25, -0.2) is 29.6 Å². The highest BCUT2D eigenvalue weighted by Crippen LogP contribution is 2.28. The number of nitrogens with zero attached hydrogens (tertiary/aromatic N) is 3. The molecular formula is C11H11F2N5S. The third kappa shape index (κ3) is 3.15. The summed E-state index contributed by atoms with van der Waals surface area (Å²) in [7, 11) is 0. The summed E-state index contributed by atoms with van der Waals surface area (Å²) in [5.41, 5.74) is 3.58. The van der Waals surface area contributed by atoms with E-state index in [1.165, 1.54) is 0 Å². The molecule has 19 heavy (non-hydrogen) atoms. The normalized spacial score (nSPS) is 10.6. The van der Waals surface area contributed by atoms with Crippen LogP contribution in [0.3, 0.4) is 0 Å². The Kier molecular flexibility index (Phi) is 3.91. The number of aromatic nitrogens is 3. The fourth-order valence-corrected chi connectivity index (χ4v) is 2.29. The molecule has 100 valence electrons. The van der Waals surface area contributed by atoms with Gasteiger partial charge in [-0.15, -0.1) is 0 Å². The minimum Gasteiger partial charge on any atom is -0.306 e. The lowest BCUT2D eigenvalue weighted by atomic mass is 10.4. The second-order valence-electron chi connectivity index (χ2n) is 3.79. The predicted octanol–water partition coefficient (Wildman–Crippen LogP) is 2.20. The van der Waals surface area contributed by atoms with Crippen molar-refractivity contribution in [1.29, 1.82) is 0 Å². The van der Waals surface area contributed by atoms with Crippen molar-refractivity contribution in [3.05, 3.63) is 35.2 Å². The molecule has 0 atom stereocenters. The number of nitrogens with two attached hydrogens (primary N) is 1. The molecule has 0 radical (unpaired) electrons. The lowest BCUT2D eigenvalue weighted by Crippen LogP contribution is -2.11. The first kappa shape index (κ1) is 13.6. The number of halogens is 2. The number of rotatable bonds is 3. The van der Waals surface area contributed by atoms with E-state index in [1.807, 2.05) is 0 Å². The Hall–Kier alpha value is -1.80. The second-order valence-corrected chi connectivity index (χ2v) is 4.74. The van der Waals surface area contributed by atoms with Gasteiger partial charge in [0.2, 0.25) is 0 Å². The van der Waals surface area contributed by atoms with E-state index in [0.717, 1.165) is 23.1 Å². The molecule has 2 rings (SSSR count). The fraction of sp³-hybridized carbons (Fsp3) is 0.182. The first-order valence-electron chi connectivity index (χ1n) is 5.32. The van der Waals surface area contributed by atoms with Crippen molar-refractivity contribution in [2.45, 2.75) is 24.0 Å². The highest BCUT2D eigenvalue weighted by atomic mass is 32.2. The Labute approximate surface area is 112 Å². The van der Waals surface area contributed by atoms with Gasteiger partial charge in [-0.05, 0) is 31.7 Å². The molecule has 0 amide bonds. The van der Waals surface area contributed by atoms with Crippen LogP contribution < -0.4 is 11.3 Å². The zero-order valence-electron chi connectivity index (χ0n) is 10.2. The maximum atomic E-state index is 13.6. The third-order valence-corrected chi connectivity index (χ3v) is 3.03. The highest BCUT2D eigenvalue weighted by molar-refractivity contribution is 7.99. The molecule has 8 heteroatoms. The molecule has 0 saturated heterocycles. The van der Waals surface area contributed by atoms with E-state index in [1.54, 1.807) is 19.9 Å². The van der Waals surface area contributed by atoms with Crippen molar-refractivity contribution in [2.24, 2.45) is 5.84 Å². The molecule has 0 bridgehead atoms. The van der Waals surface area contributed by atoms with Crippen LogP contribution in [0.4, 0.5) is 14.6 Å². The molecular weight excluding hydrogens is 272 g/mol. The maximum Gasteiger partial charge on any atom is 0.194 e. The third-order valence-electron chi connectivity index (χ3n) is 2.18. The van der Waals surface area contributed by atoms with E-state index in [0.29, 0.717) is 11.2 Å². The quantitative estimate of drug-likeness (QED) is 0.511. The predicted molar refractivity (Wildman–Crippen MR) is 67.6 cm³/mol. The number of hydrogen-bond donors (Lipinski definition) is 2. The highest BCUT2D eigenvalue weighted by Gasteiger charge is 2.14. The molecule has 2 aromatic heterocycles. The number of anilines is 1. The molecule has 0 fully saturated rings. The van der Waals surface area contributed by atoms with E-state index >= 15 is 0 Å². The molecule has 5 nitrogen and oxygen atoms in total. The minimum absolute atomic E-state index is 0.0423. The minimum atomic E-state index is -0.856. The molecule has 0 saturated carbocycles. The van der Waals surface area contributed by atoms with Crippen LogP contribution in [-0.2, 0) is 0 Å². The first-order chi connectivity index (χ1) is 8.99. The number of nitrogens with one attached hydrogen (secondary N) is 1. The number of hydrazine groups is 1. The van der Waals surface area contributed by atoms with Crippen molar-refractivity contribution in [3.63, 3.8) is 0 Å². The van der Waals surface area contributed by atoms with Crippen LogP contribution in [0.25, 0.3) is 0 Å². The number of nitrogen functional groups attached to an aromatic ring is 1. The topological polar surface area (TPSA) is 76.7 Å². The molecule has 0 aromatic carbocycles. The summed E-state index contributed by atoms with van der Waals surface area (Å²) in [5, 5.41) is 0.304. The summed E-state index contributed by atoms with van der Waals surface area (Å²) in [6.45, 7) is 3.61. The van der Waals surface area contributed by atoms with Gasteiger partial charge in [0.1, 0.15) is 5.03 Å². The number of aryl methyl sites for hydroxylation is 2. The molecule has 2 heterocycles. The Morgan fingerprint density at radius 1 is 1.05 bits per heavy atom. The van der Waals surface area contributed by atoms with E-state index in [-0.39, 0.29) is 10.8 Å². The monoisotopic (exact) mass is 283 g/mol. The van der Waals surface area contributed by atoms with Crippen LogP contribution in [0.5, 0.6) is 0 Å². The van der Waals surface area contributed by atoms with Crippen molar-refractivity contribution >= 4 is 17.6 Å². The molecule has 0 aliphatic rings. The lowest BCUT2D eigenvalue weighted by Gasteiger charge is -2.06. The first-order valence-corrected chi connectivity index (χ1v) is 6.14. The molecule has 0 unspecified atom stereocenters. The van der Waals surface area contributed by atoms with Crippen LogP contribution in [0, 0.1) is 25.5 Å². The van der Waals surface area contributed by atoms with Crippen molar-refractivity contribution in [2.75, 3.05) is 5.43 Å².